The first-order chi connectivity index (χ1) is 8.20. The molecule has 0 aliphatic carbocycles. The van der Waals surface area contributed by atoms with Crippen LogP contribution in [0.1, 0.15) is 6.92 Å². The van der Waals surface area contributed by atoms with Gasteiger partial charge >= 0.3 is 11.8 Å². The highest BCUT2D eigenvalue weighted by atomic mass is 16.2. The predicted molar refractivity (Wildman–Crippen MR) is 63.1 cm³/mol. The molecule has 0 unspecified atom stereocenters. The minimum Gasteiger partial charge on any atom is -0.335 e. The molecule has 2 amide bonds. The third-order valence-electron chi connectivity index (χ3n) is 2.15. The first-order valence-corrected chi connectivity index (χ1v) is 5.22. The van der Waals surface area contributed by atoms with Crippen LogP contribution in [-0.4, -0.2) is 24.9 Å². The van der Waals surface area contributed by atoms with E-state index in [9.17, 15) is 9.59 Å². The third kappa shape index (κ3) is 3.31. The van der Waals surface area contributed by atoms with Crippen LogP contribution in [0.2, 0.25) is 0 Å². The molecule has 0 spiro atoms. The number of amides is 2. The number of likely N-dealkylation sites (N-methyl/N-ethyl adjacent to an activating group) is 1. The van der Waals surface area contributed by atoms with Crippen LogP contribution in [0.25, 0.3) is 0 Å². The summed E-state index contributed by atoms with van der Waals surface area (Å²) in [5.74, 6) is -1.42. The lowest BCUT2D eigenvalue weighted by Gasteiger charge is -2.19. The Labute approximate surface area is 99.6 Å². The van der Waals surface area contributed by atoms with Crippen molar-refractivity contribution in [2.45, 2.75) is 6.92 Å². The number of carbonyl (C=O) groups excluding carboxylic acids is 2. The normalized spacial score (nSPS) is 9.18. The van der Waals surface area contributed by atoms with Gasteiger partial charge in [-0.25, -0.2) is 0 Å². The van der Waals surface area contributed by atoms with Crippen molar-refractivity contribution in [2.24, 2.45) is 0 Å². The summed E-state index contributed by atoms with van der Waals surface area (Å²) < 4.78 is 0. The van der Waals surface area contributed by atoms with Gasteiger partial charge in [-0.15, -0.1) is 0 Å². The third-order valence-corrected chi connectivity index (χ3v) is 2.15. The Balaban J connectivity index is 2.79. The van der Waals surface area contributed by atoms with Gasteiger partial charge in [-0.05, 0) is 19.1 Å². The maximum atomic E-state index is 11.8. The number of benzene rings is 1. The van der Waals surface area contributed by atoms with Crippen LogP contribution < -0.4 is 10.2 Å². The summed E-state index contributed by atoms with van der Waals surface area (Å²) in [5.41, 5.74) is 0.659. The minimum absolute atomic E-state index is 0.170. The van der Waals surface area contributed by atoms with Gasteiger partial charge < -0.3 is 10.2 Å². The molecule has 0 radical (unpaired) electrons. The average molecular weight is 231 g/mol. The van der Waals surface area contributed by atoms with E-state index in [4.69, 9.17) is 5.26 Å². The molecular formula is C12H13N3O2. The predicted octanol–water partition coefficient (Wildman–Crippen LogP) is 0.679. The quantitative estimate of drug-likeness (QED) is 0.614. The van der Waals surface area contributed by atoms with Crippen molar-refractivity contribution < 1.29 is 9.59 Å². The highest BCUT2D eigenvalue weighted by molar-refractivity contribution is 6.40. The topological polar surface area (TPSA) is 73.2 Å². The van der Waals surface area contributed by atoms with Crippen molar-refractivity contribution in [1.29, 1.82) is 5.26 Å². The summed E-state index contributed by atoms with van der Waals surface area (Å²) in [6.45, 7) is 2.00. The van der Waals surface area contributed by atoms with E-state index in [-0.39, 0.29) is 6.54 Å². The molecule has 88 valence electrons. The van der Waals surface area contributed by atoms with Crippen LogP contribution in [0.5, 0.6) is 0 Å². The van der Waals surface area contributed by atoms with Crippen LogP contribution in [-0.2, 0) is 9.59 Å². The van der Waals surface area contributed by atoms with E-state index in [2.05, 4.69) is 5.32 Å². The lowest BCUT2D eigenvalue weighted by Crippen LogP contribution is -2.43. The second-order valence-electron chi connectivity index (χ2n) is 3.23. The molecule has 17 heavy (non-hydrogen) atoms. The average Bonchev–Trinajstić information content (AvgIpc) is 2.38. The van der Waals surface area contributed by atoms with Crippen LogP contribution in [0.4, 0.5) is 5.69 Å². The minimum atomic E-state index is -0.766. The summed E-state index contributed by atoms with van der Waals surface area (Å²) >= 11 is 0. The van der Waals surface area contributed by atoms with Gasteiger partial charge in [0, 0.05) is 12.2 Å². The van der Waals surface area contributed by atoms with E-state index >= 15 is 0 Å². The van der Waals surface area contributed by atoms with Crippen molar-refractivity contribution in [3.05, 3.63) is 30.3 Å². The number of nitrogens with one attached hydrogen (secondary N) is 1. The SMILES string of the molecule is CCN(C(=O)C(=O)NCC#N)c1ccccc1. The first kappa shape index (κ1) is 12.7. The van der Waals surface area contributed by atoms with Crippen molar-refractivity contribution in [3.63, 3.8) is 0 Å². The fraction of sp³-hybridized carbons (Fsp3) is 0.250. The highest BCUT2D eigenvalue weighted by Crippen LogP contribution is 2.12. The Morgan fingerprint density at radius 2 is 2.00 bits per heavy atom. The summed E-state index contributed by atoms with van der Waals surface area (Å²) in [5, 5.41) is 10.5. The van der Waals surface area contributed by atoms with Crippen molar-refractivity contribution >= 4 is 17.5 Å². The lowest BCUT2D eigenvalue weighted by atomic mass is 10.3. The number of rotatable bonds is 3. The lowest BCUT2D eigenvalue weighted by molar-refractivity contribution is -0.137. The number of hydrogen-bond acceptors (Lipinski definition) is 3. The number of nitriles is 1. The number of para-hydroxylation sites is 1. The standard InChI is InChI=1S/C12H13N3O2/c1-2-15(10-6-4-3-5-7-10)12(17)11(16)14-9-8-13/h3-7H,2,9H2,1H3,(H,14,16). The number of nitrogens with zero attached hydrogens (tertiary/aromatic N) is 2. The molecule has 0 atom stereocenters. The first-order valence-electron chi connectivity index (χ1n) is 5.22. The molecule has 0 fully saturated rings. The van der Waals surface area contributed by atoms with E-state index in [1.807, 2.05) is 6.07 Å². The van der Waals surface area contributed by atoms with Gasteiger partial charge in [0.25, 0.3) is 0 Å². The van der Waals surface area contributed by atoms with E-state index in [0.717, 1.165) is 0 Å². The maximum Gasteiger partial charge on any atom is 0.316 e. The maximum absolute atomic E-state index is 11.8. The van der Waals surface area contributed by atoms with Crippen LogP contribution >= 0.6 is 0 Å². The van der Waals surface area contributed by atoms with Gasteiger partial charge in [-0.2, -0.15) is 5.26 Å². The van der Waals surface area contributed by atoms with Crippen LogP contribution in [0, 0.1) is 11.3 Å². The summed E-state index contributed by atoms with van der Waals surface area (Å²) in [6.07, 6.45) is 0. The molecule has 0 heterocycles. The van der Waals surface area contributed by atoms with Crippen molar-refractivity contribution in [3.8, 4) is 6.07 Å². The smallest absolute Gasteiger partial charge is 0.316 e. The van der Waals surface area contributed by atoms with Crippen molar-refractivity contribution in [2.75, 3.05) is 18.0 Å². The Kier molecular flexibility index (Phi) is 4.70. The second kappa shape index (κ2) is 6.28. The fourth-order valence-electron chi connectivity index (χ4n) is 1.37. The second-order valence-corrected chi connectivity index (χ2v) is 3.23. The Hall–Kier alpha value is -2.35. The highest BCUT2D eigenvalue weighted by Gasteiger charge is 2.21. The van der Waals surface area contributed by atoms with E-state index in [0.29, 0.717) is 12.2 Å². The van der Waals surface area contributed by atoms with Gasteiger partial charge in [-0.1, -0.05) is 18.2 Å². The zero-order valence-corrected chi connectivity index (χ0v) is 9.51. The molecule has 5 nitrogen and oxygen atoms in total. The van der Waals surface area contributed by atoms with E-state index in [1.54, 1.807) is 37.3 Å². The molecule has 1 aromatic carbocycles. The fourth-order valence-corrected chi connectivity index (χ4v) is 1.37. The molecule has 0 bridgehead atoms. The zero-order chi connectivity index (χ0) is 12.7. The molecule has 0 saturated carbocycles. The number of carbonyl (C=O) groups is 2. The van der Waals surface area contributed by atoms with Gasteiger partial charge in [0.05, 0.1) is 6.07 Å². The van der Waals surface area contributed by atoms with Crippen LogP contribution in [0.3, 0.4) is 0 Å². The van der Waals surface area contributed by atoms with Crippen LogP contribution in [0.15, 0.2) is 30.3 Å². The molecule has 1 aromatic rings. The van der Waals surface area contributed by atoms with Crippen molar-refractivity contribution in [1.82, 2.24) is 5.32 Å². The molecule has 0 saturated heterocycles. The summed E-state index contributed by atoms with van der Waals surface area (Å²) in [4.78, 5) is 24.6. The summed E-state index contributed by atoms with van der Waals surface area (Å²) in [7, 11) is 0. The molecule has 0 aliphatic rings. The van der Waals surface area contributed by atoms with E-state index < -0.39 is 11.8 Å². The molecule has 1 rings (SSSR count). The van der Waals surface area contributed by atoms with E-state index in [1.165, 1.54) is 4.90 Å². The van der Waals surface area contributed by atoms with Gasteiger partial charge in [0.2, 0.25) is 0 Å². The largest absolute Gasteiger partial charge is 0.335 e. The summed E-state index contributed by atoms with van der Waals surface area (Å²) in [6, 6.07) is 10.7. The molecule has 0 aromatic heterocycles. The monoisotopic (exact) mass is 231 g/mol. The Morgan fingerprint density at radius 3 is 2.53 bits per heavy atom. The Bertz CT molecular complexity index is 437. The number of anilines is 1. The Morgan fingerprint density at radius 1 is 1.35 bits per heavy atom. The van der Waals surface area contributed by atoms with Gasteiger partial charge in [0.15, 0.2) is 0 Å². The molecular weight excluding hydrogens is 218 g/mol. The molecule has 5 heteroatoms. The van der Waals surface area contributed by atoms with Gasteiger partial charge in [-0.3, -0.25) is 9.59 Å². The zero-order valence-electron chi connectivity index (χ0n) is 9.51. The molecule has 0 aliphatic heterocycles. The number of hydrogen-bond donors (Lipinski definition) is 1. The molecule has 1 N–H and O–H groups in total. The van der Waals surface area contributed by atoms with Gasteiger partial charge in [0.1, 0.15) is 6.54 Å².